The zero-order valence-electron chi connectivity index (χ0n) is 9.86. The Balaban J connectivity index is 0. The van der Waals surface area contributed by atoms with E-state index in [0.717, 1.165) is 0 Å². The van der Waals surface area contributed by atoms with Crippen molar-refractivity contribution in [3.63, 3.8) is 0 Å². The molecule has 3 nitrogen and oxygen atoms in total. The minimum Gasteiger partial charge on any atom is -0.375 e. The van der Waals surface area contributed by atoms with Crippen molar-refractivity contribution in [1.82, 2.24) is 0 Å². The van der Waals surface area contributed by atoms with Crippen molar-refractivity contribution in [3.8, 4) is 0 Å². The smallest absolute Gasteiger partial charge is 0.375 e. The molecule has 0 aliphatic rings. The van der Waals surface area contributed by atoms with Crippen LogP contribution in [0, 0.1) is 0 Å². The maximum atomic E-state index is 12.0. The molecule has 0 fully saturated rings. The van der Waals surface area contributed by atoms with Crippen LogP contribution in [0.3, 0.4) is 0 Å². The van der Waals surface area contributed by atoms with Crippen molar-refractivity contribution in [3.05, 3.63) is 0 Å². The number of hydrogen-bond acceptors (Lipinski definition) is 3. The largest absolute Gasteiger partial charge is 0.532 e. The Morgan fingerprint density at radius 1 is 1.00 bits per heavy atom. The topological polar surface area (TPSA) is 27.7 Å². The lowest BCUT2D eigenvalue weighted by Gasteiger charge is -2.20. The average molecular weight is 266 g/mol. The van der Waals surface area contributed by atoms with Gasteiger partial charge in [0.05, 0.1) is 0 Å². The highest BCUT2D eigenvalue weighted by atomic mass is 28.4. The number of rotatable bonds is 6. The van der Waals surface area contributed by atoms with Crippen LogP contribution in [0.15, 0.2) is 0 Å². The lowest BCUT2D eigenvalue weighted by Crippen LogP contribution is -2.45. The fourth-order valence-electron chi connectivity index (χ4n) is 0.508. The van der Waals surface area contributed by atoms with Gasteiger partial charge in [-0.2, -0.15) is 0 Å². The van der Waals surface area contributed by atoms with Gasteiger partial charge in [-0.3, -0.25) is 0 Å². The van der Waals surface area contributed by atoms with Crippen LogP contribution in [0.4, 0.5) is 17.6 Å². The maximum Gasteiger partial charge on any atom is 0.532 e. The summed E-state index contributed by atoms with van der Waals surface area (Å²) in [7, 11) is 1.26. The average Bonchev–Trinajstić information content (AvgIpc) is 2.34. The van der Waals surface area contributed by atoms with E-state index in [1.165, 1.54) is 28.3 Å². The summed E-state index contributed by atoms with van der Waals surface area (Å²) in [5, 5.41) is 0. The molecule has 0 aromatic carbocycles. The van der Waals surface area contributed by atoms with E-state index in [9.17, 15) is 17.6 Å². The standard InChI is InChI=1S/C4H7F3.C4H11FO3Si/c1-2-4(6,7)3-5;1-6-9(4-5,7-2)8-3/h2-3H2,1H3;4H2,1-3H3. The summed E-state index contributed by atoms with van der Waals surface area (Å²) in [5.41, 5.74) is 0. The molecule has 0 N–H and O–H groups in total. The van der Waals surface area contributed by atoms with Crippen molar-refractivity contribution in [1.29, 1.82) is 0 Å². The Bertz CT molecular complexity index is 144. The predicted molar refractivity (Wildman–Crippen MR) is 54.0 cm³/mol. The van der Waals surface area contributed by atoms with Gasteiger partial charge in [-0.15, -0.1) is 0 Å². The molecular formula is C8H18F4O3Si. The quantitative estimate of drug-likeness (QED) is 0.545. The molecule has 16 heavy (non-hydrogen) atoms. The van der Waals surface area contributed by atoms with Crippen LogP contribution in [-0.4, -0.2) is 49.0 Å². The van der Waals surface area contributed by atoms with E-state index in [1.54, 1.807) is 0 Å². The lowest BCUT2D eigenvalue weighted by atomic mass is 10.3. The minimum atomic E-state index is -3.08. The Hall–Kier alpha value is -0.183. The fourth-order valence-corrected chi connectivity index (χ4v) is 1.34. The molecule has 0 rings (SSSR count). The molecule has 0 radical (unpaired) electrons. The van der Waals surface area contributed by atoms with E-state index in [1.807, 2.05) is 0 Å². The molecule has 0 unspecified atom stereocenters. The van der Waals surface area contributed by atoms with Gasteiger partial charge in [-0.1, -0.05) is 6.92 Å². The molecule has 0 bridgehead atoms. The highest BCUT2D eigenvalue weighted by Gasteiger charge is 2.38. The maximum absolute atomic E-state index is 12.0. The summed E-state index contributed by atoms with van der Waals surface area (Å²) in [5.74, 6) is -3.08. The molecule has 0 aliphatic carbocycles. The van der Waals surface area contributed by atoms with Crippen LogP contribution in [0.2, 0.25) is 0 Å². The SMILES string of the molecule is CCC(F)(F)CF.CO[Si](CF)(OC)OC. The van der Waals surface area contributed by atoms with E-state index in [4.69, 9.17) is 13.3 Å². The van der Waals surface area contributed by atoms with Gasteiger partial charge < -0.3 is 13.3 Å². The van der Waals surface area contributed by atoms with E-state index < -0.39 is 34.1 Å². The van der Waals surface area contributed by atoms with Crippen LogP contribution in [-0.2, 0) is 13.3 Å². The third-order valence-electron chi connectivity index (χ3n) is 1.81. The fraction of sp³-hybridized carbons (Fsp3) is 1.00. The van der Waals surface area contributed by atoms with Gasteiger partial charge in [0.1, 0.15) is 0 Å². The Labute approximate surface area is 94.1 Å². The first-order valence-corrected chi connectivity index (χ1v) is 6.45. The van der Waals surface area contributed by atoms with E-state index >= 15 is 0 Å². The molecule has 0 aliphatic heterocycles. The molecule has 0 aromatic heterocycles. The summed E-state index contributed by atoms with van der Waals surface area (Å²) >= 11 is 0. The van der Waals surface area contributed by atoms with Gasteiger partial charge >= 0.3 is 8.80 Å². The Morgan fingerprint density at radius 3 is 1.38 bits per heavy atom. The van der Waals surface area contributed by atoms with Crippen LogP contribution in [0.1, 0.15) is 13.3 Å². The highest BCUT2D eigenvalue weighted by molar-refractivity contribution is 6.60. The molecule has 0 aromatic rings. The Kier molecular flexibility index (Phi) is 10.1. The van der Waals surface area contributed by atoms with Gasteiger partial charge in [-0.05, 0) is 0 Å². The van der Waals surface area contributed by atoms with Crippen molar-refractivity contribution in [2.75, 3.05) is 34.3 Å². The zero-order valence-corrected chi connectivity index (χ0v) is 10.9. The van der Waals surface area contributed by atoms with Crippen LogP contribution in [0.5, 0.6) is 0 Å². The summed E-state index contributed by atoms with van der Waals surface area (Å²) in [6.45, 7) is -0.289. The van der Waals surface area contributed by atoms with Gasteiger partial charge in [-0.25, -0.2) is 17.6 Å². The summed E-state index contributed by atoms with van der Waals surface area (Å²) in [6.07, 6.45) is -1.10. The van der Waals surface area contributed by atoms with Gasteiger partial charge in [0.15, 0.2) is 13.0 Å². The van der Waals surface area contributed by atoms with Crippen molar-refractivity contribution < 1.29 is 30.8 Å². The zero-order chi connectivity index (χ0) is 13.2. The number of alkyl halides is 4. The minimum absolute atomic E-state index is 0.413. The number of hydrogen-bond donors (Lipinski definition) is 0. The monoisotopic (exact) mass is 266 g/mol. The lowest BCUT2D eigenvalue weighted by molar-refractivity contribution is -0.0255. The molecular weight excluding hydrogens is 248 g/mol. The van der Waals surface area contributed by atoms with Gasteiger partial charge in [0.25, 0.3) is 5.92 Å². The van der Waals surface area contributed by atoms with Crippen LogP contribution >= 0.6 is 0 Å². The van der Waals surface area contributed by atoms with E-state index in [-0.39, 0.29) is 0 Å². The normalized spacial score (nSPS) is 12.0. The first-order valence-electron chi connectivity index (χ1n) is 4.52. The second-order valence-corrected chi connectivity index (χ2v) is 5.63. The van der Waals surface area contributed by atoms with Crippen LogP contribution in [0.25, 0.3) is 0 Å². The number of halogens is 4. The second kappa shape index (κ2) is 8.91. The summed E-state index contributed by atoms with van der Waals surface area (Å²) in [6, 6.07) is 0. The first-order chi connectivity index (χ1) is 7.36. The highest BCUT2D eigenvalue weighted by Crippen LogP contribution is 2.16. The molecule has 0 amide bonds. The van der Waals surface area contributed by atoms with Crippen molar-refractivity contribution >= 4 is 8.80 Å². The molecule has 0 saturated heterocycles. The second-order valence-electron chi connectivity index (χ2n) is 2.77. The Morgan fingerprint density at radius 2 is 1.38 bits per heavy atom. The predicted octanol–water partition coefficient (Wildman–Crippen LogP) is 2.37. The third-order valence-corrected chi connectivity index (χ3v) is 4.00. The van der Waals surface area contributed by atoms with E-state index in [2.05, 4.69) is 0 Å². The van der Waals surface area contributed by atoms with Crippen LogP contribution < -0.4 is 0 Å². The van der Waals surface area contributed by atoms with Gasteiger partial charge in [0.2, 0.25) is 0 Å². The molecule has 0 saturated carbocycles. The van der Waals surface area contributed by atoms with E-state index in [0.29, 0.717) is 0 Å². The molecule has 8 heteroatoms. The molecule has 0 atom stereocenters. The third kappa shape index (κ3) is 7.15. The summed E-state index contributed by atoms with van der Waals surface area (Å²) in [4.78, 5) is 0. The molecule has 0 heterocycles. The molecule has 100 valence electrons. The van der Waals surface area contributed by atoms with Gasteiger partial charge in [0, 0.05) is 27.8 Å². The molecule has 0 spiro atoms. The van der Waals surface area contributed by atoms with Crippen molar-refractivity contribution in [2.45, 2.75) is 19.3 Å². The summed E-state index contributed by atoms with van der Waals surface area (Å²) < 4.78 is 60.2. The first kappa shape index (κ1) is 18.2. The van der Waals surface area contributed by atoms with Crippen molar-refractivity contribution in [2.24, 2.45) is 0 Å².